The SMILES string of the molecule is O=Cc1[nH]ncc1-c1cc(F)ccc1C(=O)O. The van der Waals surface area contributed by atoms with Crippen molar-refractivity contribution in [3.8, 4) is 11.1 Å². The number of aromatic nitrogens is 2. The Labute approximate surface area is 94.9 Å². The maximum absolute atomic E-state index is 13.1. The summed E-state index contributed by atoms with van der Waals surface area (Å²) >= 11 is 0. The van der Waals surface area contributed by atoms with Gasteiger partial charge in [-0.05, 0) is 18.2 Å². The highest BCUT2D eigenvalue weighted by atomic mass is 19.1. The molecular weight excluding hydrogens is 227 g/mol. The fourth-order valence-corrected chi connectivity index (χ4v) is 1.53. The first-order chi connectivity index (χ1) is 8.13. The number of aromatic carboxylic acids is 1. The van der Waals surface area contributed by atoms with Crippen molar-refractivity contribution in [3.05, 3.63) is 41.5 Å². The number of benzene rings is 1. The van der Waals surface area contributed by atoms with E-state index < -0.39 is 11.8 Å². The summed E-state index contributed by atoms with van der Waals surface area (Å²) in [7, 11) is 0. The Balaban J connectivity index is 2.69. The quantitative estimate of drug-likeness (QED) is 0.792. The molecule has 0 aliphatic carbocycles. The number of nitrogens with one attached hydrogen (secondary N) is 1. The molecule has 1 aromatic carbocycles. The third kappa shape index (κ3) is 1.92. The summed E-state index contributed by atoms with van der Waals surface area (Å²) in [6.45, 7) is 0. The highest BCUT2D eigenvalue weighted by Gasteiger charge is 2.16. The van der Waals surface area contributed by atoms with E-state index in [0.717, 1.165) is 18.2 Å². The highest BCUT2D eigenvalue weighted by molar-refractivity contribution is 5.98. The highest BCUT2D eigenvalue weighted by Crippen LogP contribution is 2.26. The smallest absolute Gasteiger partial charge is 0.336 e. The number of rotatable bonds is 3. The molecule has 2 N–H and O–H groups in total. The van der Waals surface area contributed by atoms with Crippen LogP contribution < -0.4 is 0 Å². The second-order valence-corrected chi connectivity index (χ2v) is 3.31. The van der Waals surface area contributed by atoms with Crippen LogP contribution in [0.1, 0.15) is 20.8 Å². The number of hydrogen-bond donors (Lipinski definition) is 2. The molecule has 2 aromatic rings. The van der Waals surface area contributed by atoms with Crippen molar-refractivity contribution in [1.29, 1.82) is 0 Å². The normalized spacial score (nSPS) is 10.2. The molecule has 17 heavy (non-hydrogen) atoms. The van der Waals surface area contributed by atoms with E-state index >= 15 is 0 Å². The molecule has 0 aliphatic heterocycles. The molecule has 1 aromatic heterocycles. The van der Waals surface area contributed by atoms with Crippen LogP contribution in [0.15, 0.2) is 24.4 Å². The summed E-state index contributed by atoms with van der Waals surface area (Å²) in [6.07, 6.45) is 1.78. The number of carboxylic acids is 1. The van der Waals surface area contributed by atoms with Crippen molar-refractivity contribution in [3.63, 3.8) is 0 Å². The predicted octanol–water partition coefficient (Wildman–Crippen LogP) is 1.73. The molecule has 1 heterocycles. The minimum Gasteiger partial charge on any atom is -0.478 e. The van der Waals surface area contributed by atoms with Crippen LogP contribution in [0.5, 0.6) is 0 Å². The van der Waals surface area contributed by atoms with Crippen LogP contribution in [0, 0.1) is 5.82 Å². The van der Waals surface area contributed by atoms with Crippen molar-refractivity contribution >= 4 is 12.3 Å². The molecule has 6 heteroatoms. The number of H-pyrrole nitrogens is 1. The summed E-state index contributed by atoms with van der Waals surface area (Å²) in [5.41, 5.74) is 0.402. The lowest BCUT2D eigenvalue weighted by Crippen LogP contribution is -2.00. The zero-order chi connectivity index (χ0) is 12.4. The van der Waals surface area contributed by atoms with Gasteiger partial charge in [-0.15, -0.1) is 0 Å². The van der Waals surface area contributed by atoms with Crippen molar-refractivity contribution in [2.45, 2.75) is 0 Å². The number of hydrogen-bond acceptors (Lipinski definition) is 3. The average Bonchev–Trinajstić information content (AvgIpc) is 2.76. The molecule has 0 unspecified atom stereocenters. The third-order valence-corrected chi connectivity index (χ3v) is 2.29. The standard InChI is InChI=1S/C11H7FN2O3/c12-6-1-2-7(11(16)17)8(3-6)9-4-13-14-10(9)5-15/h1-5H,(H,13,14)(H,16,17). The van der Waals surface area contributed by atoms with Crippen LogP contribution in [0.4, 0.5) is 4.39 Å². The summed E-state index contributed by atoms with van der Waals surface area (Å²) in [4.78, 5) is 21.7. The number of aromatic amines is 1. The number of carbonyl (C=O) groups is 2. The van der Waals surface area contributed by atoms with Gasteiger partial charge in [0.05, 0.1) is 11.8 Å². The van der Waals surface area contributed by atoms with Gasteiger partial charge in [0.15, 0.2) is 6.29 Å². The van der Waals surface area contributed by atoms with E-state index in [4.69, 9.17) is 5.11 Å². The maximum atomic E-state index is 13.1. The molecule has 0 fully saturated rings. The topological polar surface area (TPSA) is 83.0 Å². The number of nitrogens with zero attached hydrogens (tertiary/aromatic N) is 1. The molecule has 0 atom stereocenters. The Hall–Kier alpha value is -2.50. The number of carboxylic acid groups (broad SMARTS) is 1. The van der Waals surface area contributed by atoms with E-state index in [0.29, 0.717) is 6.29 Å². The van der Waals surface area contributed by atoms with E-state index in [1.807, 2.05) is 0 Å². The van der Waals surface area contributed by atoms with Gasteiger partial charge in [-0.1, -0.05) is 0 Å². The zero-order valence-electron chi connectivity index (χ0n) is 8.48. The largest absolute Gasteiger partial charge is 0.478 e. The van der Waals surface area contributed by atoms with Crippen molar-refractivity contribution in [1.82, 2.24) is 10.2 Å². The Kier molecular flexibility index (Phi) is 2.70. The molecule has 0 saturated carbocycles. The summed E-state index contributed by atoms with van der Waals surface area (Å²) in [6, 6.07) is 3.25. The maximum Gasteiger partial charge on any atom is 0.336 e. The fourth-order valence-electron chi connectivity index (χ4n) is 1.53. The molecular formula is C11H7FN2O3. The Bertz CT molecular complexity index is 592. The third-order valence-electron chi connectivity index (χ3n) is 2.29. The van der Waals surface area contributed by atoms with Crippen LogP contribution in [0.25, 0.3) is 11.1 Å². The fraction of sp³-hybridized carbons (Fsp3) is 0. The molecule has 0 amide bonds. The van der Waals surface area contributed by atoms with E-state index in [1.165, 1.54) is 6.20 Å². The van der Waals surface area contributed by atoms with Gasteiger partial charge in [-0.25, -0.2) is 9.18 Å². The van der Waals surface area contributed by atoms with Gasteiger partial charge in [-0.3, -0.25) is 9.89 Å². The molecule has 0 spiro atoms. The lowest BCUT2D eigenvalue weighted by atomic mass is 10.0. The van der Waals surface area contributed by atoms with E-state index in [9.17, 15) is 14.0 Å². The molecule has 0 radical (unpaired) electrons. The molecule has 5 nitrogen and oxygen atoms in total. The van der Waals surface area contributed by atoms with Gasteiger partial charge in [0, 0.05) is 11.1 Å². The first kappa shape index (κ1) is 11.0. The second kappa shape index (κ2) is 4.17. The number of aldehydes is 1. The molecule has 0 aliphatic rings. The lowest BCUT2D eigenvalue weighted by Gasteiger charge is -2.04. The summed E-state index contributed by atoms with van der Waals surface area (Å²) < 4.78 is 13.1. The lowest BCUT2D eigenvalue weighted by molar-refractivity contribution is 0.0697. The first-order valence-corrected chi connectivity index (χ1v) is 4.65. The van der Waals surface area contributed by atoms with Gasteiger partial charge < -0.3 is 5.11 Å². The Morgan fingerprint density at radius 2 is 2.18 bits per heavy atom. The van der Waals surface area contributed by atoms with Gasteiger partial charge in [-0.2, -0.15) is 5.10 Å². The van der Waals surface area contributed by atoms with Crippen LogP contribution in [0.3, 0.4) is 0 Å². The summed E-state index contributed by atoms with van der Waals surface area (Å²) in [5.74, 6) is -1.78. The van der Waals surface area contributed by atoms with Gasteiger partial charge >= 0.3 is 5.97 Å². The minimum atomic E-state index is -1.20. The Morgan fingerprint density at radius 1 is 1.41 bits per heavy atom. The van der Waals surface area contributed by atoms with Crippen LogP contribution in [-0.2, 0) is 0 Å². The monoisotopic (exact) mass is 234 g/mol. The molecule has 86 valence electrons. The van der Waals surface area contributed by atoms with Crippen molar-refractivity contribution in [2.24, 2.45) is 0 Å². The molecule has 0 bridgehead atoms. The Morgan fingerprint density at radius 3 is 2.82 bits per heavy atom. The van der Waals surface area contributed by atoms with E-state index in [-0.39, 0.29) is 22.4 Å². The number of carbonyl (C=O) groups excluding carboxylic acids is 1. The van der Waals surface area contributed by atoms with Crippen LogP contribution in [-0.4, -0.2) is 27.6 Å². The van der Waals surface area contributed by atoms with Crippen molar-refractivity contribution in [2.75, 3.05) is 0 Å². The number of halogens is 1. The zero-order valence-corrected chi connectivity index (χ0v) is 8.48. The van der Waals surface area contributed by atoms with Gasteiger partial charge in [0.25, 0.3) is 0 Å². The van der Waals surface area contributed by atoms with E-state index in [1.54, 1.807) is 0 Å². The first-order valence-electron chi connectivity index (χ1n) is 4.65. The summed E-state index contributed by atoms with van der Waals surface area (Å²) in [5, 5.41) is 15.0. The second-order valence-electron chi connectivity index (χ2n) is 3.31. The molecule has 0 saturated heterocycles. The van der Waals surface area contributed by atoms with Crippen LogP contribution in [0.2, 0.25) is 0 Å². The average molecular weight is 234 g/mol. The van der Waals surface area contributed by atoms with Gasteiger partial charge in [0.2, 0.25) is 0 Å². The van der Waals surface area contributed by atoms with Crippen LogP contribution >= 0.6 is 0 Å². The minimum absolute atomic E-state index is 0.0871. The van der Waals surface area contributed by atoms with E-state index in [2.05, 4.69) is 10.2 Å². The van der Waals surface area contributed by atoms with Gasteiger partial charge in [0.1, 0.15) is 11.5 Å². The molecule has 2 rings (SSSR count). The predicted molar refractivity (Wildman–Crippen MR) is 56.3 cm³/mol. The van der Waals surface area contributed by atoms with Crippen molar-refractivity contribution < 1.29 is 19.1 Å².